The molecule has 19 heavy (non-hydrogen) atoms. The van der Waals surface area contributed by atoms with E-state index in [1.54, 1.807) is 32.4 Å². The minimum Gasteiger partial charge on any atom is -0.482 e. The van der Waals surface area contributed by atoms with Crippen LogP contribution in [0.25, 0.3) is 0 Å². The van der Waals surface area contributed by atoms with Crippen molar-refractivity contribution in [2.45, 2.75) is 0 Å². The van der Waals surface area contributed by atoms with E-state index in [0.29, 0.717) is 30.2 Å². The summed E-state index contributed by atoms with van der Waals surface area (Å²) in [5, 5.41) is 2.72. The van der Waals surface area contributed by atoms with Gasteiger partial charge in [0.25, 0.3) is 11.8 Å². The van der Waals surface area contributed by atoms with Crippen LogP contribution in [0.2, 0.25) is 0 Å². The standard InChI is InChI=1S/C13H16N2O4/c1-15-10-7-9(13(17)14-5-6-18-2)3-4-11(10)19-8-12(15)16/h3-4,7H,5-6,8H2,1-2H3,(H,14,17). The predicted molar refractivity (Wildman–Crippen MR) is 69.6 cm³/mol. The zero-order valence-corrected chi connectivity index (χ0v) is 10.9. The lowest BCUT2D eigenvalue weighted by Crippen LogP contribution is -2.35. The molecule has 6 nitrogen and oxygen atoms in total. The summed E-state index contributed by atoms with van der Waals surface area (Å²) in [6.45, 7) is 0.929. The summed E-state index contributed by atoms with van der Waals surface area (Å²) >= 11 is 0. The maximum Gasteiger partial charge on any atom is 0.264 e. The number of fused-ring (bicyclic) bond motifs is 1. The molecular weight excluding hydrogens is 248 g/mol. The monoisotopic (exact) mass is 264 g/mol. The fourth-order valence-electron chi connectivity index (χ4n) is 1.78. The van der Waals surface area contributed by atoms with Crippen molar-refractivity contribution in [3.63, 3.8) is 0 Å². The number of methoxy groups -OCH3 is 1. The Labute approximate surface area is 111 Å². The fourth-order valence-corrected chi connectivity index (χ4v) is 1.78. The second-order valence-electron chi connectivity index (χ2n) is 4.17. The van der Waals surface area contributed by atoms with E-state index < -0.39 is 0 Å². The molecule has 0 fully saturated rings. The summed E-state index contributed by atoms with van der Waals surface area (Å²) in [5.41, 5.74) is 1.09. The summed E-state index contributed by atoms with van der Waals surface area (Å²) in [6.07, 6.45) is 0. The van der Waals surface area contributed by atoms with Crippen molar-refractivity contribution in [3.8, 4) is 5.75 Å². The number of carbonyl (C=O) groups excluding carboxylic acids is 2. The van der Waals surface area contributed by atoms with Crippen molar-refractivity contribution in [1.82, 2.24) is 5.32 Å². The number of carbonyl (C=O) groups is 2. The molecule has 1 heterocycles. The van der Waals surface area contributed by atoms with E-state index in [2.05, 4.69) is 5.32 Å². The molecule has 1 aromatic carbocycles. The lowest BCUT2D eigenvalue weighted by molar-refractivity contribution is -0.120. The number of benzene rings is 1. The van der Waals surface area contributed by atoms with Gasteiger partial charge < -0.3 is 19.7 Å². The highest BCUT2D eigenvalue weighted by atomic mass is 16.5. The zero-order chi connectivity index (χ0) is 13.8. The van der Waals surface area contributed by atoms with Crippen LogP contribution in [0.3, 0.4) is 0 Å². The van der Waals surface area contributed by atoms with Crippen LogP contribution in [0.15, 0.2) is 18.2 Å². The van der Waals surface area contributed by atoms with Crippen LogP contribution < -0.4 is 15.0 Å². The van der Waals surface area contributed by atoms with Gasteiger partial charge in [0, 0.05) is 26.3 Å². The molecule has 0 saturated carbocycles. The topological polar surface area (TPSA) is 67.9 Å². The van der Waals surface area contributed by atoms with Gasteiger partial charge in [0.2, 0.25) is 0 Å². The van der Waals surface area contributed by atoms with Crippen molar-refractivity contribution in [1.29, 1.82) is 0 Å². The fraction of sp³-hybridized carbons (Fsp3) is 0.385. The van der Waals surface area contributed by atoms with E-state index in [0.717, 1.165) is 0 Å². The number of ether oxygens (including phenoxy) is 2. The van der Waals surface area contributed by atoms with Crippen LogP contribution in [0.1, 0.15) is 10.4 Å². The largest absolute Gasteiger partial charge is 0.482 e. The summed E-state index contributed by atoms with van der Waals surface area (Å²) in [6, 6.07) is 5.02. The molecular formula is C13H16N2O4. The number of hydrogen-bond donors (Lipinski definition) is 1. The van der Waals surface area contributed by atoms with Gasteiger partial charge in [-0.15, -0.1) is 0 Å². The summed E-state index contributed by atoms with van der Waals surface area (Å²) < 4.78 is 10.2. The first-order chi connectivity index (χ1) is 9.13. The molecule has 6 heteroatoms. The molecule has 0 aromatic heterocycles. The summed E-state index contributed by atoms with van der Waals surface area (Å²) in [7, 11) is 3.24. The van der Waals surface area contributed by atoms with Crippen molar-refractivity contribution in [3.05, 3.63) is 23.8 Å². The Morgan fingerprint density at radius 3 is 3.05 bits per heavy atom. The van der Waals surface area contributed by atoms with Gasteiger partial charge in [-0.3, -0.25) is 9.59 Å². The van der Waals surface area contributed by atoms with Crippen molar-refractivity contribution in [2.75, 3.05) is 38.8 Å². The van der Waals surface area contributed by atoms with E-state index in [-0.39, 0.29) is 18.4 Å². The Balaban J connectivity index is 2.16. The zero-order valence-electron chi connectivity index (χ0n) is 10.9. The van der Waals surface area contributed by atoms with Gasteiger partial charge in [-0.2, -0.15) is 0 Å². The van der Waals surface area contributed by atoms with Gasteiger partial charge in [-0.25, -0.2) is 0 Å². The third-order valence-electron chi connectivity index (χ3n) is 2.90. The normalized spacial score (nSPS) is 13.8. The molecule has 2 amide bonds. The van der Waals surface area contributed by atoms with Crippen LogP contribution in [0, 0.1) is 0 Å². The number of amides is 2. The van der Waals surface area contributed by atoms with Crippen LogP contribution >= 0.6 is 0 Å². The smallest absolute Gasteiger partial charge is 0.264 e. The van der Waals surface area contributed by atoms with Crippen LogP contribution in [-0.2, 0) is 9.53 Å². The lowest BCUT2D eigenvalue weighted by Gasteiger charge is -2.26. The summed E-state index contributed by atoms with van der Waals surface area (Å²) in [5.74, 6) is 0.270. The molecule has 0 atom stereocenters. The van der Waals surface area contributed by atoms with Crippen molar-refractivity contribution >= 4 is 17.5 Å². The number of rotatable bonds is 4. The van der Waals surface area contributed by atoms with Crippen molar-refractivity contribution in [2.24, 2.45) is 0 Å². The molecule has 1 N–H and O–H groups in total. The van der Waals surface area contributed by atoms with Crippen LogP contribution in [0.4, 0.5) is 5.69 Å². The number of nitrogens with one attached hydrogen (secondary N) is 1. The number of nitrogens with zero attached hydrogens (tertiary/aromatic N) is 1. The molecule has 0 bridgehead atoms. The number of likely N-dealkylation sites (N-methyl/N-ethyl adjacent to an activating group) is 1. The number of hydrogen-bond acceptors (Lipinski definition) is 4. The Hall–Kier alpha value is -2.08. The first-order valence-corrected chi connectivity index (χ1v) is 5.94. The Kier molecular flexibility index (Phi) is 4.01. The molecule has 1 aliphatic heterocycles. The molecule has 0 spiro atoms. The van der Waals surface area contributed by atoms with Crippen LogP contribution in [-0.4, -0.2) is 45.7 Å². The van der Waals surface area contributed by atoms with Gasteiger partial charge in [0.1, 0.15) is 5.75 Å². The van der Waals surface area contributed by atoms with Gasteiger partial charge >= 0.3 is 0 Å². The van der Waals surface area contributed by atoms with Gasteiger partial charge in [-0.1, -0.05) is 0 Å². The maximum absolute atomic E-state index is 11.9. The Morgan fingerprint density at radius 1 is 1.53 bits per heavy atom. The quantitative estimate of drug-likeness (QED) is 0.800. The van der Waals surface area contributed by atoms with Gasteiger partial charge in [-0.05, 0) is 18.2 Å². The predicted octanol–water partition coefficient (Wildman–Crippen LogP) is 0.418. The van der Waals surface area contributed by atoms with E-state index in [1.165, 1.54) is 4.90 Å². The molecule has 0 radical (unpaired) electrons. The van der Waals surface area contributed by atoms with Crippen molar-refractivity contribution < 1.29 is 19.1 Å². The van der Waals surface area contributed by atoms with E-state index in [4.69, 9.17) is 9.47 Å². The first-order valence-electron chi connectivity index (χ1n) is 5.94. The summed E-state index contributed by atoms with van der Waals surface area (Å²) in [4.78, 5) is 24.9. The minimum atomic E-state index is -0.203. The molecule has 102 valence electrons. The molecule has 2 rings (SSSR count). The molecule has 0 saturated heterocycles. The first kappa shape index (κ1) is 13.4. The second-order valence-corrected chi connectivity index (χ2v) is 4.17. The van der Waals surface area contributed by atoms with E-state index >= 15 is 0 Å². The maximum atomic E-state index is 11.9. The molecule has 0 unspecified atom stereocenters. The Morgan fingerprint density at radius 2 is 2.32 bits per heavy atom. The highest BCUT2D eigenvalue weighted by molar-refractivity contribution is 6.00. The molecule has 1 aliphatic rings. The van der Waals surface area contributed by atoms with E-state index in [9.17, 15) is 9.59 Å². The third kappa shape index (κ3) is 2.85. The second kappa shape index (κ2) is 5.71. The minimum absolute atomic E-state index is 0.0306. The Bertz CT molecular complexity index is 501. The third-order valence-corrected chi connectivity index (χ3v) is 2.90. The SMILES string of the molecule is COCCNC(=O)c1ccc2c(c1)N(C)C(=O)CO2. The molecule has 1 aromatic rings. The highest BCUT2D eigenvalue weighted by Crippen LogP contribution is 2.31. The number of anilines is 1. The highest BCUT2D eigenvalue weighted by Gasteiger charge is 2.23. The average Bonchev–Trinajstić information content (AvgIpc) is 2.43. The lowest BCUT2D eigenvalue weighted by atomic mass is 10.1. The average molecular weight is 264 g/mol. The molecule has 0 aliphatic carbocycles. The van der Waals surface area contributed by atoms with Crippen LogP contribution in [0.5, 0.6) is 5.75 Å². The van der Waals surface area contributed by atoms with E-state index in [1.807, 2.05) is 0 Å². The van der Waals surface area contributed by atoms with Gasteiger partial charge in [0.05, 0.1) is 12.3 Å². The van der Waals surface area contributed by atoms with Gasteiger partial charge in [0.15, 0.2) is 6.61 Å².